The Kier molecular flexibility index (Phi) is 3.14. The molecule has 104 valence electrons. The van der Waals surface area contributed by atoms with E-state index < -0.39 is 15.8 Å². The van der Waals surface area contributed by atoms with E-state index in [9.17, 15) is 17.6 Å². The molecule has 1 aromatic rings. The number of halogens is 1. The molecular weight excluding hydrogens is 271 g/mol. The first-order valence-electron chi connectivity index (χ1n) is 5.74. The molecule has 0 saturated heterocycles. The van der Waals surface area contributed by atoms with Crippen LogP contribution in [0.1, 0.15) is 20.3 Å². The van der Waals surface area contributed by atoms with Crippen LogP contribution in [0.15, 0.2) is 23.1 Å². The second kappa shape index (κ2) is 4.28. The first-order chi connectivity index (χ1) is 8.59. The standard InChI is InChI=1S/C12H15FN2O3S/c1-12(2)6-10(12)11(16)15-8-3-7(13)4-9(5-8)19(14,17)18/h3-5,10H,6H2,1-2H3,(H,15,16)(H2,14,17,18). The lowest BCUT2D eigenvalue weighted by Crippen LogP contribution is -2.18. The number of benzene rings is 1. The molecule has 0 radical (unpaired) electrons. The van der Waals surface area contributed by atoms with Gasteiger partial charge in [0.15, 0.2) is 0 Å². The van der Waals surface area contributed by atoms with E-state index in [1.807, 2.05) is 13.8 Å². The molecule has 2 rings (SSSR count). The summed E-state index contributed by atoms with van der Waals surface area (Å²) < 4.78 is 35.6. The highest BCUT2D eigenvalue weighted by Gasteiger charge is 2.50. The fourth-order valence-corrected chi connectivity index (χ4v) is 2.51. The van der Waals surface area contributed by atoms with Crippen molar-refractivity contribution in [3.05, 3.63) is 24.0 Å². The van der Waals surface area contributed by atoms with Crippen molar-refractivity contribution in [2.75, 3.05) is 5.32 Å². The van der Waals surface area contributed by atoms with Gasteiger partial charge in [0, 0.05) is 11.6 Å². The maximum Gasteiger partial charge on any atom is 0.238 e. The van der Waals surface area contributed by atoms with Gasteiger partial charge in [0.1, 0.15) is 5.82 Å². The van der Waals surface area contributed by atoms with E-state index in [0.29, 0.717) is 0 Å². The summed E-state index contributed by atoms with van der Waals surface area (Å²) in [7, 11) is -4.00. The van der Waals surface area contributed by atoms with Crippen LogP contribution in [0.2, 0.25) is 0 Å². The van der Waals surface area contributed by atoms with Crippen LogP contribution in [0.3, 0.4) is 0 Å². The molecule has 1 unspecified atom stereocenters. The molecule has 1 atom stereocenters. The number of nitrogens with two attached hydrogens (primary N) is 1. The van der Waals surface area contributed by atoms with E-state index in [4.69, 9.17) is 5.14 Å². The number of sulfonamides is 1. The zero-order valence-electron chi connectivity index (χ0n) is 10.6. The van der Waals surface area contributed by atoms with Crippen LogP contribution in [0.25, 0.3) is 0 Å². The third kappa shape index (κ3) is 3.10. The maximum atomic E-state index is 13.3. The molecule has 1 fully saturated rings. The van der Waals surface area contributed by atoms with Crippen molar-refractivity contribution >= 4 is 21.6 Å². The highest BCUT2D eigenvalue weighted by molar-refractivity contribution is 7.89. The average Bonchev–Trinajstić information content (AvgIpc) is 2.85. The number of amides is 1. The van der Waals surface area contributed by atoms with Gasteiger partial charge in [-0.15, -0.1) is 0 Å². The lowest BCUT2D eigenvalue weighted by Gasteiger charge is -2.08. The van der Waals surface area contributed by atoms with Crippen molar-refractivity contribution in [1.29, 1.82) is 0 Å². The summed E-state index contributed by atoms with van der Waals surface area (Å²) in [6.07, 6.45) is 0.760. The zero-order chi connectivity index (χ0) is 14.4. The van der Waals surface area contributed by atoms with Gasteiger partial charge in [0.25, 0.3) is 0 Å². The highest BCUT2D eigenvalue weighted by Crippen LogP contribution is 2.52. The highest BCUT2D eigenvalue weighted by atomic mass is 32.2. The monoisotopic (exact) mass is 286 g/mol. The van der Waals surface area contributed by atoms with Crippen molar-refractivity contribution in [3.63, 3.8) is 0 Å². The Hall–Kier alpha value is -1.47. The minimum atomic E-state index is -4.00. The van der Waals surface area contributed by atoms with Crippen molar-refractivity contribution in [3.8, 4) is 0 Å². The summed E-state index contributed by atoms with van der Waals surface area (Å²) in [4.78, 5) is 11.5. The summed E-state index contributed by atoms with van der Waals surface area (Å²) in [6.45, 7) is 3.91. The van der Waals surface area contributed by atoms with Crippen molar-refractivity contribution in [2.45, 2.75) is 25.2 Å². The molecule has 1 amide bonds. The summed E-state index contributed by atoms with van der Waals surface area (Å²) in [6, 6.07) is 3.01. The van der Waals surface area contributed by atoms with Gasteiger partial charge < -0.3 is 5.32 Å². The van der Waals surface area contributed by atoms with Gasteiger partial charge in [-0.25, -0.2) is 17.9 Å². The van der Waals surface area contributed by atoms with Gasteiger partial charge in [-0.2, -0.15) is 0 Å². The smallest absolute Gasteiger partial charge is 0.238 e. The molecule has 3 N–H and O–H groups in total. The molecule has 1 aromatic carbocycles. The van der Waals surface area contributed by atoms with Gasteiger partial charge in [-0.3, -0.25) is 4.79 Å². The van der Waals surface area contributed by atoms with E-state index >= 15 is 0 Å². The van der Waals surface area contributed by atoms with Crippen molar-refractivity contribution in [2.24, 2.45) is 16.5 Å². The zero-order valence-corrected chi connectivity index (χ0v) is 11.4. The van der Waals surface area contributed by atoms with Gasteiger partial charge in [0.05, 0.1) is 4.90 Å². The summed E-state index contributed by atoms with van der Waals surface area (Å²) in [5.41, 5.74) is 0.0388. The number of primary sulfonamides is 1. The fraction of sp³-hybridized carbons (Fsp3) is 0.417. The number of carbonyl (C=O) groups is 1. The number of rotatable bonds is 3. The molecule has 19 heavy (non-hydrogen) atoms. The van der Waals surface area contributed by atoms with Crippen LogP contribution in [-0.4, -0.2) is 14.3 Å². The lowest BCUT2D eigenvalue weighted by molar-refractivity contribution is -0.118. The quantitative estimate of drug-likeness (QED) is 0.881. The molecule has 7 heteroatoms. The molecular formula is C12H15FN2O3S. The SMILES string of the molecule is CC1(C)CC1C(=O)Nc1cc(F)cc(S(N)(=O)=O)c1. The molecule has 1 saturated carbocycles. The average molecular weight is 286 g/mol. The Morgan fingerprint density at radius 3 is 2.47 bits per heavy atom. The van der Waals surface area contributed by atoms with Crippen molar-refractivity contribution in [1.82, 2.24) is 0 Å². The van der Waals surface area contributed by atoms with Gasteiger partial charge in [-0.05, 0) is 30.0 Å². The Morgan fingerprint density at radius 1 is 1.42 bits per heavy atom. The third-order valence-electron chi connectivity index (χ3n) is 3.30. The normalized spacial score (nSPS) is 20.9. The summed E-state index contributed by atoms with van der Waals surface area (Å²) in [5, 5.41) is 7.45. The molecule has 0 spiro atoms. The van der Waals surface area contributed by atoms with Crippen LogP contribution in [0.5, 0.6) is 0 Å². The number of hydrogen-bond donors (Lipinski definition) is 2. The van der Waals surface area contributed by atoms with Gasteiger partial charge in [-0.1, -0.05) is 13.8 Å². The Labute approximate surface area is 111 Å². The molecule has 0 aromatic heterocycles. The Balaban J connectivity index is 2.22. The molecule has 0 bridgehead atoms. The lowest BCUT2D eigenvalue weighted by atomic mass is 10.1. The second-order valence-corrected chi connectivity index (χ2v) is 7.02. The number of nitrogens with one attached hydrogen (secondary N) is 1. The van der Waals surface area contributed by atoms with Crippen LogP contribution in [0, 0.1) is 17.2 Å². The predicted octanol–water partition coefficient (Wildman–Crippen LogP) is 1.46. The molecule has 0 aliphatic heterocycles. The number of carbonyl (C=O) groups excluding carboxylic acids is 1. The van der Waals surface area contributed by atoms with Crippen LogP contribution in [-0.2, 0) is 14.8 Å². The second-order valence-electron chi connectivity index (χ2n) is 5.46. The Morgan fingerprint density at radius 2 is 2.00 bits per heavy atom. The number of hydrogen-bond acceptors (Lipinski definition) is 3. The van der Waals surface area contributed by atoms with Gasteiger partial charge in [0.2, 0.25) is 15.9 Å². The minimum Gasteiger partial charge on any atom is -0.326 e. The van der Waals surface area contributed by atoms with E-state index in [0.717, 1.165) is 24.6 Å². The van der Waals surface area contributed by atoms with Crippen LogP contribution in [0.4, 0.5) is 10.1 Å². The predicted molar refractivity (Wildman–Crippen MR) is 68.3 cm³/mol. The molecule has 1 aliphatic carbocycles. The van der Waals surface area contributed by atoms with E-state index in [1.54, 1.807) is 0 Å². The van der Waals surface area contributed by atoms with Crippen LogP contribution < -0.4 is 10.5 Å². The summed E-state index contributed by atoms with van der Waals surface area (Å²) >= 11 is 0. The fourth-order valence-electron chi connectivity index (χ4n) is 1.94. The minimum absolute atomic E-state index is 0.0554. The largest absolute Gasteiger partial charge is 0.326 e. The first kappa shape index (κ1) is 14.0. The molecule has 1 aliphatic rings. The summed E-state index contributed by atoms with van der Waals surface area (Å²) in [5.74, 6) is -1.14. The first-order valence-corrected chi connectivity index (χ1v) is 7.28. The van der Waals surface area contributed by atoms with Gasteiger partial charge >= 0.3 is 0 Å². The van der Waals surface area contributed by atoms with Crippen molar-refractivity contribution < 1.29 is 17.6 Å². The topological polar surface area (TPSA) is 89.3 Å². The maximum absolute atomic E-state index is 13.3. The molecule has 0 heterocycles. The number of anilines is 1. The Bertz CT molecular complexity index is 640. The van der Waals surface area contributed by atoms with Crippen LogP contribution >= 0.6 is 0 Å². The third-order valence-corrected chi connectivity index (χ3v) is 4.19. The van der Waals surface area contributed by atoms with E-state index in [2.05, 4.69) is 5.32 Å². The van der Waals surface area contributed by atoms with E-state index in [1.165, 1.54) is 0 Å². The van der Waals surface area contributed by atoms with E-state index in [-0.39, 0.29) is 27.8 Å². The molecule has 5 nitrogen and oxygen atoms in total.